The monoisotopic (exact) mass is 774 g/mol. The number of hydrogen-bond acceptors (Lipinski definition) is 10. The maximum atomic E-state index is 12.7. The summed E-state index contributed by atoms with van der Waals surface area (Å²) in [5.74, 6) is 0.0830. The topological polar surface area (TPSA) is 156 Å². The largest absolute Gasteiger partial charge is 0.472 e. The number of phosphoric acid groups is 1. The Morgan fingerprint density at radius 3 is 2.09 bits per heavy atom. The number of esters is 1. The van der Waals surface area contributed by atoms with Crippen molar-refractivity contribution < 1.29 is 47.7 Å². The molecule has 0 aromatic carbocycles. The van der Waals surface area contributed by atoms with Gasteiger partial charge in [-0.3, -0.25) is 13.8 Å². The molecule has 2 rings (SSSR count). The Hall–Kier alpha value is -1.14. The first-order chi connectivity index (χ1) is 25.8. The van der Waals surface area contributed by atoms with Gasteiger partial charge in [-0.1, -0.05) is 141 Å². The van der Waals surface area contributed by atoms with Gasteiger partial charge in [0, 0.05) is 37.8 Å². The average molecular weight is 774 g/mol. The summed E-state index contributed by atoms with van der Waals surface area (Å²) in [5.41, 5.74) is 5.37. The van der Waals surface area contributed by atoms with E-state index in [0.29, 0.717) is 19.4 Å². The van der Waals surface area contributed by atoms with Gasteiger partial charge in [0.15, 0.2) is 0 Å². The molecule has 7 atom stereocenters. The summed E-state index contributed by atoms with van der Waals surface area (Å²) in [6.45, 7) is 4.65. The SMILES string of the molecule is CCCCCCCCCCCCCCCCOCC(COP(=O)(O)OCCN)OC(=O)CCC/C=C\CC1C2CC(OO2)C1/C=C/C(O)CCCCC. The van der Waals surface area contributed by atoms with E-state index >= 15 is 0 Å². The third kappa shape index (κ3) is 23.5. The van der Waals surface area contributed by atoms with E-state index in [1.54, 1.807) is 0 Å². The van der Waals surface area contributed by atoms with E-state index in [1.165, 1.54) is 77.0 Å². The summed E-state index contributed by atoms with van der Waals surface area (Å²) in [6, 6.07) is 0. The van der Waals surface area contributed by atoms with Crippen molar-refractivity contribution in [2.45, 2.75) is 186 Å². The van der Waals surface area contributed by atoms with Crippen molar-refractivity contribution in [3.63, 3.8) is 0 Å². The summed E-state index contributed by atoms with van der Waals surface area (Å²) >= 11 is 0. The Morgan fingerprint density at radius 2 is 1.43 bits per heavy atom. The molecule has 7 unspecified atom stereocenters. The van der Waals surface area contributed by atoms with Crippen LogP contribution in [0.2, 0.25) is 0 Å². The first kappa shape index (κ1) is 48.0. The maximum Gasteiger partial charge on any atom is 0.472 e. The Balaban J connectivity index is 1.64. The summed E-state index contributed by atoms with van der Waals surface area (Å²) < 4.78 is 33.5. The molecule has 1 aliphatic carbocycles. The smallest absolute Gasteiger partial charge is 0.457 e. The van der Waals surface area contributed by atoms with Crippen molar-refractivity contribution in [3.8, 4) is 0 Å². The second-order valence-electron chi connectivity index (χ2n) is 15.0. The highest BCUT2D eigenvalue weighted by Crippen LogP contribution is 2.45. The number of aliphatic hydroxyl groups excluding tert-OH is 1. The summed E-state index contributed by atoms with van der Waals surface area (Å²) in [7, 11) is -4.32. The third-order valence-electron chi connectivity index (χ3n) is 10.2. The molecule has 11 nitrogen and oxygen atoms in total. The molecule has 1 saturated carbocycles. The number of fused-ring (bicyclic) bond motifs is 2. The Labute approximate surface area is 321 Å². The van der Waals surface area contributed by atoms with Crippen LogP contribution in [0.5, 0.6) is 0 Å². The Bertz CT molecular complexity index is 1010. The number of nitrogens with two attached hydrogens (primary N) is 1. The van der Waals surface area contributed by atoms with Gasteiger partial charge >= 0.3 is 13.8 Å². The van der Waals surface area contributed by atoms with Crippen LogP contribution in [-0.2, 0) is 37.7 Å². The summed E-state index contributed by atoms with van der Waals surface area (Å²) in [5, 5.41) is 10.3. The van der Waals surface area contributed by atoms with Crippen LogP contribution >= 0.6 is 7.82 Å². The number of hydrogen-bond donors (Lipinski definition) is 3. The van der Waals surface area contributed by atoms with Crippen LogP contribution in [0.1, 0.15) is 162 Å². The third-order valence-corrected chi connectivity index (χ3v) is 11.2. The highest BCUT2D eigenvalue weighted by Gasteiger charge is 2.49. The van der Waals surface area contributed by atoms with Gasteiger partial charge in [0.1, 0.15) is 12.2 Å². The van der Waals surface area contributed by atoms with Crippen molar-refractivity contribution in [1.29, 1.82) is 0 Å². The molecular weight excluding hydrogens is 697 g/mol. The van der Waals surface area contributed by atoms with Gasteiger partial charge in [0.2, 0.25) is 0 Å². The lowest BCUT2D eigenvalue weighted by Gasteiger charge is -2.27. The van der Waals surface area contributed by atoms with Crippen molar-refractivity contribution in [2.75, 3.05) is 33.0 Å². The quantitative estimate of drug-likeness (QED) is 0.0183. The molecule has 1 aliphatic heterocycles. The van der Waals surface area contributed by atoms with Gasteiger partial charge in [-0.25, -0.2) is 14.3 Å². The number of carbonyl (C=O) groups excluding carboxylic acids is 1. The first-order valence-corrected chi connectivity index (χ1v) is 22.7. The molecule has 4 N–H and O–H groups in total. The van der Waals surface area contributed by atoms with E-state index in [1.807, 2.05) is 6.08 Å². The van der Waals surface area contributed by atoms with Crippen LogP contribution in [0, 0.1) is 11.8 Å². The Morgan fingerprint density at radius 1 is 0.811 bits per heavy atom. The minimum Gasteiger partial charge on any atom is -0.457 e. The highest BCUT2D eigenvalue weighted by atomic mass is 31.2. The molecule has 2 fully saturated rings. The van der Waals surface area contributed by atoms with Gasteiger partial charge in [-0.15, -0.1) is 0 Å². The van der Waals surface area contributed by atoms with Gasteiger partial charge in [0.25, 0.3) is 0 Å². The van der Waals surface area contributed by atoms with Gasteiger partial charge < -0.3 is 25.2 Å². The number of carbonyl (C=O) groups is 1. The van der Waals surface area contributed by atoms with Gasteiger partial charge in [0.05, 0.1) is 32.0 Å². The van der Waals surface area contributed by atoms with Crippen molar-refractivity contribution in [2.24, 2.45) is 17.6 Å². The minimum absolute atomic E-state index is 0.0272. The fourth-order valence-corrected chi connectivity index (χ4v) is 7.83. The average Bonchev–Trinajstić information content (AvgIpc) is 3.75. The van der Waals surface area contributed by atoms with E-state index in [4.69, 9.17) is 34.0 Å². The predicted molar refractivity (Wildman–Crippen MR) is 210 cm³/mol. The number of phosphoric ester groups is 1. The summed E-state index contributed by atoms with van der Waals surface area (Å²) in [6.07, 6.45) is 32.2. The van der Waals surface area contributed by atoms with Crippen LogP contribution in [0.4, 0.5) is 0 Å². The lowest BCUT2D eigenvalue weighted by molar-refractivity contribution is -0.336. The van der Waals surface area contributed by atoms with Crippen LogP contribution in [0.3, 0.4) is 0 Å². The molecule has 2 aliphatic rings. The Kier molecular flexibility index (Phi) is 28.1. The normalized spacial score (nSPS) is 22.2. The molecule has 12 heteroatoms. The van der Waals surface area contributed by atoms with Crippen LogP contribution in [0.15, 0.2) is 24.3 Å². The molecule has 1 saturated heterocycles. The molecule has 2 bridgehead atoms. The molecule has 0 aromatic heterocycles. The fraction of sp³-hybridized carbons (Fsp3) is 0.878. The van der Waals surface area contributed by atoms with Crippen LogP contribution in [-0.4, -0.2) is 73.4 Å². The van der Waals surface area contributed by atoms with Gasteiger partial charge in [-0.2, -0.15) is 0 Å². The molecule has 0 spiro atoms. The second-order valence-corrected chi connectivity index (χ2v) is 16.4. The molecule has 0 radical (unpaired) electrons. The molecule has 310 valence electrons. The molecule has 0 aromatic rings. The second kappa shape index (κ2) is 31.0. The molecule has 0 amide bonds. The minimum atomic E-state index is -4.32. The van der Waals surface area contributed by atoms with Crippen molar-refractivity contribution in [3.05, 3.63) is 24.3 Å². The van der Waals surface area contributed by atoms with E-state index in [2.05, 4.69) is 32.1 Å². The lowest BCUT2D eigenvalue weighted by atomic mass is 9.89. The molecule has 1 heterocycles. The van der Waals surface area contributed by atoms with E-state index < -0.39 is 26.0 Å². The van der Waals surface area contributed by atoms with Crippen molar-refractivity contribution >= 4 is 13.8 Å². The molecular formula is C41H76NO10P. The summed E-state index contributed by atoms with van der Waals surface area (Å²) in [4.78, 5) is 33.6. The van der Waals surface area contributed by atoms with E-state index in [9.17, 15) is 19.4 Å². The lowest BCUT2D eigenvalue weighted by Crippen LogP contribution is -2.29. The first-order valence-electron chi connectivity index (χ1n) is 21.2. The number of allylic oxidation sites excluding steroid dienone is 2. The number of unbranched alkanes of at least 4 members (excludes halogenated alkanes) is 16. The molecule has 53 heavy (non-hydrogen) atoms. The van der Waals surface area contributed by atoms with Gasteiger partial charge in [-0.05, 0) is 32.1 Å². The fourth-order valence-electron chi connectivity index (χ4n) is 7.07. The number of ether oxygens (including phenoxy) is 2. The van der Waals surface area contributed by atoms with E-state index in [0.717, 1.165) is 51.4 Å². The van der Waals surface area contributed by atoms with Crippen molar-refractivity contribution in [1.82, 2.24) is 0 Å². The van der Waals surface area contributed by atoms with Crippen LogP contribution in [0.25, 0.3) is 0 Å². The highest BCUT2D eigenvalue weighted by molar-refractivity contribution is 7.47. The zero-order valence-corrected chi connectivity index (χ0v) is 34.2. The maximum absolute atomic E-state index is 12.7. The zero-order valence-electron chi connectivity index (χ0n) is 33.3. The number of rotatable bonds is 36. The van der Waals surface area contributed by atoms with Crippen LogP contribution < -0.4 is 5.73 Å². The number of aliphatic hydroxyl groups is 1. The zero-order chi connectivity index (χ0) is 38.4. The van der Waals surface area contributed by atoms with E-state index in [-0.39, 0.29) is 56.8 Å². The predicted octanol–water partition coefficient (Wildman–Crippen LogP) is 9.44. The standard InChI is InChI=1S/C41H76NO10P/c1-3-5-7-8-9-10-11-12-13-14-15-16-19-23-30-47-33-36(34-49-53(45,46)48-31-29-42)50-41(44)26-22-18-17-21-25-37-38(40-32-39(37)51-52-40)28-27-35(43)24-20-6-4-2/h17,21,27-28,35-40,43H,3-16,18-20,22-26,29-34,42H2,1-2H3,(H,45,46)/b21-17-,28-27+.